The SMILES string of the molecule is O=C(Cn1cccc1-c1nc(-c2ccccc2)no1)N1CCc2ccccc21. The van der Waals surface area contributed by atoms with Gasteiger partial charge in [-0.05, 0) is 30.2 Å². The molecule has 2 aromatic carbocycles. The summed E-state index contributed by atoms with van der Waals surface area (Å²) in [5.41, 5.74) is 3.84. The number of hydrogen-bond donors (Lipinski definition) is 0. The number of carbonyl (C=O) groups excluding carboxylic acids is 1. The van der Waals surface area contributed by atoms with Gasteiger partial charge in [0, 0.05) is 24.0 Å². The summed E-state index contributed by atoms with van der Waals surface area (Å²) in [5, 5.41) is 4.08. The number of carbonyl (C=O) groups is 1. The maximum Gasteiger partial charge on any atom is 0.274 e. The lowest BCUT2D eigenvalue weighted by Crippen LogP contribution is -2.32. The molecule has 5 rings (SSSR count). The Balaban J connectivity index is 1.39. The fourth-order valence-corrected chi connectivity index (χ4v) is 3.61. The van der Waals surface area contributed by atoms with E-state index in [2.05, 4.69) is 16.2 Å². The maximum atomic E-state index is 12.9. The molecular weight excluding hydrogens is 352 g/mol. The number of para-hydroxylation sites is 1. The molecule has 0 bridgehead atoms. The second kappa shape index (κ2) is 6.81. The average molecular weight is 370 g/mol. The monoisotopic (exact) mass is 370 g/mol. The summed E-state index contributed by atoms with van der Waals surface area (Å²) in [6, 6.07) is 21.5. The molecule has 0 saturated carbocycles. The summed E-state index contributed by atoms with van der Waals surface area (Å²) in [5.74, 6) is 0.979. The lowest BCUT2D eigenvalue weighted by molar-refractivity contribution is -0.119. The van der Waals surface area contributed by atoms with Crippen LogP contribution in [0.3, 0.4) is 0 Å². The van der Waals surface area contributed by atoms with Crippen LogP contribution in [0.1, 0.15) is 5.56 Å². The van der Waals surface area contributed by atoms with E-state index in [0.29, 0.717) is 18.3 Å². The van der Waals surface area contributed by atoms with Crippen LogP contribution in [-0.4, -0.2) is 27.2 Å². The van der Waals surface area contributed by atoms with Crippen LogP contribution in [0.4, 0.5) is 5.69 Å². The molecule has 3 heterocycles. The lowest BCUT2D eigenvalue weighted by Gasteiger charge is -2.18. The highest BCUT2D eigenvalue weighted by Gasteiger charge is 2.25. The Hall–Kier alpha value is -3.67. The number of nitrogens with zero attached hydrogens (tertiary/aromatic N) is 4. The van der Waals surface area contributed by atoms with E-state index in [9.17, 15) is 4.79 Å². The number of rotatable bonds is 4. The number of fused-ring (bicyclic) bond motifs is 1. The molecule has 0 fully saturated rings. The molecule has 0 spiro atoms. The van der Waals surface area contributed by atoms with Crippen LogP contribution in [-0.2, 0) is 17.8 Å². The van der Waals surface area contributed by atoms with Crippen LogP contribution >= 0.6 is 0 Å². The molecule has 0 atom stereocenters. The Morgan fingerprint density at radius 3 is 2.71 bits per heavy atom. The molecule has 6 nitrogen and oxygen atoms in total. The zero-order valence-electron chi connectivity index (χ0n) is 15.2. The van der Waals surface area contributed by atoms with E-state index < -0.39 is 0 Å². The van der Waals surface area contributed by atoms with Crippen LogP contribution in [0.5, 0.6) is 0 Å². The minimum atomic E-state index is 0.0465. The van der Waals surface area contributed by atoms with Crippen LogP contribution in [0.15, 0.2) is 77.4 Å². The molecule has 0 unspecified atom stereocenters. The van der Waals surface area contributed by atoms with Crippen molar-refractivity contribution < 1.29 is 9.32 Å². The predicted octanol–water partition coefficient (Wildman–Crippen LogP) is 3.79. The van der Waals surface area contributed by atoms with Crippen molar-refractivity contribution in [2.75, 3.05) is 11.4 Å². The molecule has 0 radical (unpaired) electrons. The summed E-state index contributed by atoms with van der Waals surface area (Å²) in [7, 11) is 0. The summed E-state index contributed by atoms with van der Waals surface area (Å²) in [4.78, 5) is 19.3. The topological polar surface area (TPSA) is 64.2 Å². The standard InChI is InChI=1S/C22H18N4O2/c27-20(26-14-12-16-7-4-5-10-18(16)26)15-25-13-6-11-19(25)22-23-21(24-28-22)17-8-2-1-3-9-17/h1-11,13H,12,14-15H2. The molecule has 6 heteroatoms. The quantitative estimate of drug-likeness (QED) is 0.548. The fourth-order valence-electron chi connectivity index (χ4n) is 3.61. The van der Waals surface area contributed by atoms with Gasteiger partial charge in [-0.25, -0.2) is 0 Å². The number of benzene rings is 2. The molecule has 28 heavy (non-hydrogen) atoms. The van der Waals surface area contributed by atoms with Gasteiger partial charge < -0.3 is 14.0 Å². The van der Waals surface area contributed by atoms with Gasteiger partial charge in [0.15, 0.2) is 0 Å². The van der Waals surface area contributed by atoms with Crippen molar-refractivity contribution in [2.24, 2.45) is 0 Å². The molecule has 2 aromatic heterocycles. The van der Waals surface area contributed by atoms with Gasteiger partial charge in [0.2, 0.25) is 11.7 Å². The number of hydrogen-bond acceptors (Lipinski definition) is 4. The van der Waals surface area contributed by atoms with Crippen LogP contribution < -0.4 is 4.90 Å². The highest BCUT2D eigenvalue weighted by atomic mass is 16.5. The van der Waals surface area contributed by atoms with E-state index in [0.717, 1.165) is 23.4 Å². The van der Waals surface area contributed by atoms with Crippen LogP contribution in [0.2, 0.25) is 0 Å². The Morgan fingerprint density at radius 1 is 1.00 bits per heavy atom. The zero-order chi connectivity index (χ0) is 18.9. The first-order chi connectivity index (χ1) is 13.8. The van der Waals surface area contributed by atoms with E-state index >= 15 is 0 Å². The van der Waals surface area contributed by atoms with Gasteiger partial charge in [-0.2, -0.15) is 4.98 Å². The van der Waals surface area contributed by atoms with Gasteiger partial charge in [0.25, 0.3) is 5.89 Å². The van der Waals surface area contributed by atoms with Gasteiger partial charge in [0.05, 0.1) is 0 Å². The minimum Gasteiger partial charge on any atom is -0.334 e. The molecule has 0 N–H and O–H groups in total. The van der Waals surface area contributed by atoms with E-state index in [1.54, 1.807) is 0 Å². The molecule has 1 amide bonds. The van der Waals surface area contributed by atoms with E-state index in [-0.39, 0.29) is 12.5 Å². The van der Waals surface area contributed by atoms with Gasteiger partial charge in [0.1, 0.15) is 12.2 Å². The molecule has 4 aromatic rings. The lowest BCUT2D eigenvalue weighted by atomic mass is 10.2. The summed E-state index contributed by atoms with van der Waals surface area (Å²) >= 11 is 0. The molecule has 0 aliphatic carbocycles. The normalized spacial score (nSPS) is 12.9. The summed E-state index contributed by atoms with van der Waals surface area (Å²) in [6.07, 6.45) is 2.76. The fraction of sp³-hybridized carbons (Fsp3) is 0.136. The van der Waals surface area contributed by atoms with Crippen molar-refractivity contribution in [3.63, 3.8) is 0 Å². The first-order valence-electron chi connectivity index (χ1n) is 9.22. The molecule has 1 aliphatic heterocycles. The Kier molecular flexibility index (Phi) is 4.01. The molecular formula is C22H18N4O2. The second-order valence-electron chi connectivity index (χ2n) is 6.73. The summed E-state index contributed by atoms with van der Waals surface area (Å²) in [6.45, 7) is 0.938. The Morgan fingerprint density at radius 2 is 1.82 bits per heavy atom. The van der Waals surface area contributed by atoms with Gasteiger partial charge in [-0.1, -0.05) is 53.7 Å². The first-order valence-corrected chi connectivity index (χ1v) is 9.22. The second-order valence-corrected chi connectivity index (χ2v) is 6.73. The smallest absolute Gasteiger partial charge is 0.274 e. The third-order valence-corrected chi connectivity index (χ3v) is 5.00. The van der Waals surface area contributed by atoms with Crippen molar-refractivity contribution >= 4 is 11.6 Å². The van der Waals surface area contributed by atoms with Gasteiger partial charge >= 0.3 is 0 Å². The van der Waals surface area contributed by atoms with E-state index in [1.165, 1.54) is 5.56 Å². The average Bonchev–Trinajstić information content (AvgIpc) is 3.47. The first kappa shape index (κ1) is 16.5. The predicted molar refractivity (Wildman–Crippen MR) is 106 cm³/mol. The number of aromatic nitrogens is 3. The number of amides is 1. The van der Waals surface area contributed by atoms with Crippen molar-refractivity contribution in [3.8, 4) is 23.0 Å². The molecule has 1 aliphatic rings. The number of anilines is 1. The van der Waals surface area contributed by atoms with E-state index in [4.69, 9.17) is 4.52 Å². The molecule has 138 valence electrons. The van der Waals surface area contributed by atoms with Crippen LogP contribution in [0.25, 0.3) is 23.0 Å². The van der Waals surface area contributed by atoms with Crippen molar-refractivity contribution in [1.29, 1.82) is 0 Å². The van der Waals surface area contributed by atoms with Gasteiger partial charge in [-0.15, -0.1) is 0 Å². The highest BCUT2D eigenvalue weighted by molar-refractivity contribution is 5.95. The zero-order valence-corrected chi connectivity index (χ0v) is 15.2. The van der Waals surface area contributed by atoms with Crippen molar-refractivity contribution in [2.45, 2.75) is 13.0 Å². The van der Waals surface area contributed by atoms with Crippen LogP contribution in [0, 0.1) is 0 Å². The Labute approximate surface area is 162 Å². The van der Waals surface area contributed by atoms with Crippen molar-refractivity contribution in [1.82, 2.24) is 14.7 Å². The summed E-state index contributed by atoms with van der Waals surface area (Å²) < 4.78 is 7.31. The highest BCUT2D eigenvalue weighted by Crippen LogP contribution is 2.28. The Bertz CT molecular complexity index is 1130. The largest absolute Gasteiger partial charge is 0.334 e. The minimum absolute atomic E-state index is 0.0465. The van der Waals surface area contributed by atoms with Gasteiger partial charge in [-0.3, -0.25) is 4.79 Å². The van der Waals surface area contributed by atoms with E-state index in [1.807, 2.05) is 76.3 Å². The molecule has 0 saturated heterocycles. The third kappa shape index (κ3) is 2.89. The third-order valence-electron chi connectivity index (χ3n) is 5.00. The van der Waals surface area contributed by atoms with Crippen molar-refractivity contribution in [3.05, 3.63) is 78.5 Å². The maximum absolute atomic E-state index is 12.9.